The summed E-state index contributed by atoms with van der Waals surface area (Å²) in [6.45, 7) is 0.618. The average Bonchev–Trinajstić information content (AvgIpc) is 3.05. The molecule has 0 spiro atoms. The van der Waals surface area contributed by atoms with Crippen molar-refractivity contribution >= 4 is 16.8 Å². The van der Waals surface area contributed by atoms with E-state index >= 15 is 0 Å². The molecule has 0 aliphatic rings. The molecule has 0 atom stereocenters. The van der Waals surface area contributed by atoms with Gasteiger partial charge in [-0.25, -0.2) is 4.98 Å². The number of pyridine rings is 1. The molecular weight excluding hydrogens is 280 g/mol. The van der Waals surface area contributed by atoms with Gasteiger partial charge in [-0.05, 0) is 17.7 Å². The predicted molar refractivity (Wildman–Crippen MR) is 82.4 cm³/mol. The van der Waals surface area contributed by atoms with Gasteiger partial charge < -0.3 is 10.1 Å². The number of para-hydroxylation sites is 1. The lowest BCUT2D eigenvalue weighted by Gasteiger charge is -2.10. The Kier molecular flexibility index (Phi) is 4.00. The molecule has 2 aromatic heterocycles. The monoisotopic (exact) mass is 296 g/mol. The summed E-state index contributed by atoms with van der Waals surface area (Å²) in [4.78, 5) is 16.3. The van der Waals surface area contributed by atoms with Crippen LogP contribution in [0.25, 0.3) is 10.9 Å². The van der Waals surface area contributed by atoms with Crippen molar-refractivity contribution in [3.63, 3.8) is 0 Å². The molecule has 0 bridgehead atoms. The van der Waals surface area contributed by atoms with E-state index in [4.69, 9.17) is 4.74 Å². The number of hydrogen-bond acceptors (Lipinski definition) is 4. The third kappa shape index (κ3) is 3.06. The van der Waals surface area contributed by atoms with Gasteiger partial charge >= 0.3 is 0 Å². The van der Waals surface area contributed by atoms with Crippen LogP contribution in [0.3, 0.4) is 0 Å². The Morgan fingerprint density at radius 1 is 1.32 bits per heavy atom. The molecule has 22 heavy (non-hydrogen) atoms. The van der Waals surface area contributed by atoms with E-state index < -0.39 is 0 Å². The lowest BCUT2D eigenvalue weighted by Crippen LogP contribution is -2.27. The molecule has 1 N–H and O–H groups in total. The lowest BCUT2D eigenvalue weighted by atomic mass is 10.1. The van der Waals surface area contributed by atoms with E-state index in [9.17, 15) is 4.79 Å². The van der Waals surface area contributed by atoms with Crippen molar-refractivity contribution in [2.24, 2.45) is 0 Å². The van der Waals surface area contributed by atoms with Gasteiger partial charge in [0.1, 0.15) is 6.54 Å². The Hall–Kier alpha value is -2.89. The number of carbonyl (C=O) groups is 1. The highest BCUT2D eigenvalue weighted by Gasteiger charge is 2.08. The highest BCUT2D eigenvalue weighted by Crippen LogP contribution is 2.21. The van der Waals surface area contributed by atoms with Gasteiger partial charge in [0.25, 0.3) is 0 Å². The Balaban J connectivity index is 1.76. The summed E-state index contributed by atoms with van der Waals surface area (Å²) < 4.78 is 6.80. The van der Waals surface area contributed by atoms with E-state index in [0.29, 0.717) is 12.4 Å². The van der Waals surface area contributed by atoms with Gasteiger partial charge in [-0.2, -0.15) is 5.10 Å². The van der Waals surface area contributed by atoms with Crippen molar-refractivity contribution in [1.82, 2.24) is 20.1 Å². The maximum atomic E-state index is 12.0. The molecule has 112 valence electrons. The number of ether oxygens (including phenoxy) is 1. The molecule has 1 aromatic carbocycles. The first kappa shape index (κ1) is 14.1. The van der Waals surface area contributed by atoms with Gasteiger partial charge in [-0.3, -0.25) is 9.48 Å². The molecule has 0 aliphatic heterocycles. The molecule has 0 unspecified atom stereocenters. The minimum atomic E-state index is -0.0939. The van der Waals surface area contributed by atoms with Crippen LogP contribution >= 0.6 is 0 Å². The van der Waals surface area contributed by atoms with Crippen LogP contribution in [0, 0.1) is 0 Å². The van der Waals surface area contributed by atoms with Crippen LogP contribution in [-0.4, -0.2) is 27.8 Å². The summed E-state index contributed by atoms with van der Waals surface area (Å²) in [5.41, 5.74) is 1.81. The summed E-state index contributed by atoms with van der Waals surface area (Å²) in [5.74, 6) is 0.443. The van der Waals surface area contributed by atoms with Gasteiger partial charge in [0, 0.05) is 30.4 Å². The van der Waals surface area contributed by atoms with E-state index in [1.807, 2.05) is 30.3 Å². The maximum absolute atomic E-state index is 12.0. The smallest absolute Gasteiger partial charge is 0.241 e. The molecule has 6 nitrogen and oxygen atoms in total. The summed E-state index contributed by atoms with van der Waals surface area (Å²) in [7, 11) is 1.58. The highest BCUT2D eigenvalue weighted by atomic mass is 16.5. The van der Waals surface area contributed by atoms with Gasteiger partial charge in [0.2, 0.25) is 11.8 Å². The topological polar surface area (TPSA) is 69.0 Å². The molecule has 0 fully saturated rings. The molecule has 3 aromatic rings. The number of benzene rings is 1. The summed E-state index contributed by atoms with van der Waals surface area (Å²) in [6, 6.07) is 11.4. The van der Waals surface area contributed by atoms with Gasteiger partial charge in [0.15, 0.2) is 0 Å². The Morgan fingerprint density at radius 2 is 2.18 bits per heavy atom. The quantitative estimate of drug-likeness (QED) is 0.779. The van der Waals surface area contributed by atoms with Crippen LogP contribution in [-0.2, 0) is 17.9 Å². The second-order valence-electron chi connectivity index (χ2n) is 4.82. The normalized spacial score (nSPS) is 10.6. The number of nitrogens with one attached hydrogen (secondary N) is 1. The van der Waals surface area contributed by atoms with Crippen molar-refractivity contribution in [2.45, 2.75) is 13.1 Å². The average molecular weight is 296 g/mol. The molecule has 0 radical (unpaired) electrons. The number of carbonyl (C=O) groups excluding carboxylic acids is 1. The van der Waals surface area contributed by atoms with Crippen LogP contribution in [0.2, 0.25) is 0 Å². The first-order valence-corrected chi connectivity index (χ1v) is 6.93. The van der Waals surface area contributed by atoms with E-state index in [1.165, 1.54) is 0 Å². The molecule has 6 heteroatoms. The van der Waals surface area contributed by atoms with Crippen LogP contribution in [0.15, 0.2) is 48.8 Å². The van der Waals surface area contributed by atoms with Crippen LogP contribution in [0.5, 0.6) is 5.88 Å². The number of fused-ring (bicyclic) bond motifs is 1. The number of aromatic nitrogens is 3. The zero-order valence-electron chi connectivity index (χ0n) is 12.2. The number of hydrogen-bond donors (Lipinski definition) is 1. The maximum Gasteiger partial charge on any atom is 0.241 e. The molecule has 3 rings (SSSR count). The largest absolute Gasteiger partial charge is 0.481 e. The first-order valence-electron chi connectivity index (χ1n) is 6.93. The van der Waals surface area contributed by atoms with Crippen LogP contribution in [0.4, 0.5) is 0 Å². The summed E-state index contributed by atoms with van der Waals surface area (Å²) in [6.07, 6.45) is 3.40. The third-order valence-electron chi connectivity index (χ3n) is 3.33. The summed E-state index contributed by atoms with van der Waals surface area (Å²) in [5, 5.41) is 7.91. The van der Waals surface area contributed by atoms with Crippen molar-refractivity contribution in [3.05, 3.63) is 54.4 Å². The Bertz CT molecular complexity index is 784. The molecular formula is C16H16N4O2. The molecule has 0 saturated carbocycles. The van der Waals surface area contributed by atoms with E-state index in [2.05, 4.69) is 15.4 Å². The zero-order chi connectivity index (χ0) is 15.4. The fraction of sp³-hybridized carbons (Fsp3) is 0.188. The number of amides is 1. The molecule has 0 saturated heterocycles. The standard InChI is InChI=1S/C16H16N4O2/c1-22-16-9-12(13-5-2-3-6-14(13)19-16)10-17-15(21)11-20-8-4-7-18-20/h2-9H,10-11H2,1H3,(H,17,21). The lowest BCUT2D eigenvalue weighted by molar-refractivity contribution is -0.122. The molecule has 0 aliphatic carbocycles. The molecule has 2 heterocycles. The van der Waals surface area contributed by atoms with Crippen molar-refractivity contribution in [1.29, 1.82) is 0 Å². The second kappa shape index (κ2) is 6.26. The van der Waals surface area contributed by atoms with Gasteiger partial charge in [-0.1, -0.05) is 18.2 Å². The predicted octanol–water partition coefficient (Wildman–Crippen LogP) is 1.76. The van der Waals surface area contributed by atoms with Crippen molar-refractivity contribution < 1.29 is 9.53 Å². The van der Waals surface area contributed by atoms with Gasteiger partial charge in [0.05, 0.1) is 12.6 Å². The number of nitrogens with zero attached hydrogens (tertiary/aromatic N) is 3. The third-order valence-corrected chi connectivity index (χ3v) is 3.33. The van der Waals surface area contributed by atoms with Crippen molar-refractivity contribution in [3.8, 4) is 5.88 Å². The van der Waals surface area contributed by atoms with E-state index in [0.717, 1.165) is 16.5 Å². The zero-order valence-corrected chi connectivity index (χ0v) is 12.2. The fourth-order valence-electron chi connectivity index (χ4n) is 2.26. The minimum absolute atomic E-state index is 0.0939. The minimum Gasteiger partial charge on any atom is -0.481 e. The summed E-state index contributed by atoms with van der Waals surface area (Å²) >= 11 is 0. The SMILES string of the molecule is COc1cc(CNC(=O)Cn2cccn2)c2ccccc2n1. The number of rotatable bonds is 5. The van der Waals surface area contributed by atoms with Crippen LogP contribution in [0.1, 0.15) is 5.56 Å². The highest BCUT2D eigenvalue weighted by molar-refractivity contribution is 5.83. The first-order chi connectivity index (χ1) is 10.8. The van der Waals surface area contributed by atoms with Crippen molar-refractivity contribution in [2.75, 3.05) is 7.11 Å². The Morgan fingerprint density at radius 3 is 2.95 bits per heavy atom. The fourth-order valence-corrected chi connectivity index (χ4v) is 2.26. The second-order valence-corrected chi connectivity index (χ2v) is 4.82. The van der Waals surface area contributed by atoms with Gasteiger partial charge in [-0.15, -0.1) is 0 Å². The van der Waals surface area contributed by atoms with E-state index in [-0.39, 0.29) is 12.5 Å². The number of methoxy groups -OCH3 is 1. The van der Waals surface area contributed by atoms with Crippen LogP contribution < -0.4 is 10.1 Å². The van der Waals surface area contributed by atoms with E-state index in [1.54, 1.807) is 30.3 Å². The Labute approximate surface area is 127 Å². The molecule has 1 amide bonds.